The maximum absolute atomic E-state index is 12.7. The van der Waals surface area contributed by atoms with E-state index in [0.717, 1.165) is 37.6 Å². The molecule has 0 aliphatic heterocycles. The van der Waals surface area contributed by atoms with Gasteiger partial charge in [0, 0.05) is 48.7 Å². The Morgan fingerprint density at radius 3 is 1.23 bits per heavy atom. The van der Waals surface area contributed by atoms with Gasteiger partial charge in [0.25, 0.3) is 0 Å². The lowest BCUT2D eigenvalue weighted by molar-refractivity contribution is 0.103. The van der Waals surface area contributed by atoms with Crippen molar-refractivity contribution < 1.29 is 4.79 Å². The topological polar surface area (TPSA) is 47.6 Å². The van der Waals surface area contributed by atoms with Crippen LogP contribution in [-0.2, 0) is 0 Å². The molecule has 0 aliphatic carbocycles. The largest absolute Gasteiger partial charge is 0.319 e. The van der Waals surface area contributed by atoms with Gasteiger partial charge in [0.05, 0.1) is 0 Å². The van der Waals surface area contributed by atoms with Gasteiger partial charge in [0.2, 0.25) is 0 Å². The zero-order chi connectivity index (χ0) is 18.9. The summed E-state index contributed by atoms with van der Waals surface area (Å²) < 4.78 is 0. The van der Waals surface area contributed by atoms with E-state index in [1.165, 1.54) is 0 Å². The van der Waals surface area contributed by atoms with Crippen LogP contribution in [0.4, 0.5) is 11.4 Å². The molecule has 0 saturated carbocycles. The highest BCUT2D eigenvalue weighted by atomic mass is 16.1. The molecule has 0 aromatic heterocycles. The van der Waals surface area contributed by atoms with Gasteiger partial charge in [-0.05, 0) is 48.5 Å². The van der Waals surface area contributed by atoms with Crippen molar-refractivity contribution in [2.75, 3.05) is 37.0 Å². The van der Waals surface area contributed by atoms with Gasteiger partial charge >= 0.3 is 0 Å². The van der Waals surface area contributed by atoms with Crippen LogP contribution >= 0.6 is 0 Å². The molecule has 0 unspecified atom stereocenters. The average Bonchev–Trinajstić information content (AvgIpc) is 2.70. The monoisotopic (exact) mass is 354 g/mol. The number of ketones is 1. The van der Waals surface area contributed by atoms with Crippen LogP contribution in [0.5, 0.6) is 0 Å². The van der Waals surface area contributed by atoms with Crippen molar-refractivity contribution >= 4 is 17.2 Å². The van der Waals surface area contributed by atoms with Crippen LogP contribution in [0.1, 0.15) is 43.6 Å². The van der Waals surface area contributed by atoms with Gasteiger partial charge < -0.3 is 10.9 Å². The number of nitrogens with one attached hydrogen (secondary N) is 2. The van der Waals surface area contributed by atoms with Gasteiger partial charge in [-0.3, -0.25) is 4.79 Å². The van der Waals surface area contributed by atoms with E-state index in [4.69, 9.17) is 0 Å². The second-order valence-corrected chi connectivity index (χ2v) is 6.05. The van der Waals surface area contributed by atoms with E-state index >= 15 is 0 Å². The molecule has 0 atom stereocenters. The molecular formula is C21H30N4O. The minimum Gasteiger partial charge on any atom is -0.319 e. The van der Waals surface area contributed by atoms with Crippen LogP contribution in [0.25, 0.3) is 0 Å². The fourth-order valence-corrected chi connectivity index (χ4v) is 2.69. The van der Waals surface area contributed by atoms with E-state index in [2.05, 4.69) is 48.6 Å². The van der Waals surface area contributed by atoms with Crippen LogP contribution in [0.15, 0.2) is 48.5 Å². The van der Waals surface area contributed by atoms with Crippen LogP contribution in [0.2, 0.25) is 0 Å². The summed E-state index contributed by atoms with van der Waals surface area (Å²) in [6.07, 6.45) is 0. The SMILES string of the molecule is CCN(CC)Nc1ccc(C(=O)c2ccc(NN(CC)CC)cc2)cc1. The standard InChI is InChI=1S/C21H30N4O/c1-5-24(6-2)22-19-13-9-17(10-14-19)21(26)18-11-15-20(16-12-18)23-25(7-3)8-4/h9-16,22-23H,5-8H2,1-4H3. The molecule has 0 fully saturated rings. The number of hydrogen-bond acceptors (Lipinski definition) is 5. The van der Waals surface area contributed by atoms with Crippen LogP contribution in [0.3, 0.4) is 0 Å². The number of carbonyl (C=O) groups excluding carboxylic acids is 1. The highest BCUT2D eigenvalue weighted by Gasteiger charge is 2.10. The third-order valence-corrected chi connectivity index (χ3v) is 4.40. The quantitative estimate of drug-likeness (QED) is 0.493. The van der Waals surface area contributed by atoms with E-state index in [-0.39, 0.29) is 5.78 Å². The summed E-state index contributed by atoms with van der Waals surface area (Å²) in [4.78, 5) is 12.7. The Morgan fingerprint density at radius 2 is 0.962 bits per heavy atom. The summed E-state index contributed by atoms with van der Waals surface area (Å²) in [5, 5.41) is 4.22. The van der Waals surface area contributed by atoms with Gasteiger partial charge in [-0.15, -0.1) is 0 Å². The lowest BCUT2D eigenvalue weighted by Crippen LogP contribution is -2.29. The third kappa shape index (κ3) is 5.31. The number of anilines is 2. The van der Waals surface area contributed by atoms with Crippen LogP contribution in [-0.4, -0.2) is 42.0 Å². The van der Waals surface area contributed by atoms with E-state index in [0.29, 0.717) is 11.1 Å². The van der Waals surface area contributed by atoms with Crippen LogP contribution < -0.4 is 10.9 Å². The molecule has 5 heteroatoms. The van der Waals surface area contributed by atoms with E-state index in [1.807, 2.05) is 48.5 Å². The fourth-order valence-electron chi connectivity index (χ4n) is 2.69. The molecule has 2 aromatic rings. The van der Waals surface area contributed by atoms with Crippen molar-refractivity contribution in [3.8, 4) is 0 Å². The maximum atomic E-state index is 12.7. The maximum Gasteiger partial charge on any atom is 0.193 e. The summed E-state index contributed by atoms with van der Waals surface area (Å²) in [6, 6.07) is 15.3. The third-order valence-electron chi connectivity index (χ3n) is 4.40. The second kappa shape index (κ2) is 9.94. The molecule has 2 N–H and O–H groups in total. The van der Waals surface area contributed by atoms with E-state index in [9.17, 15) is 4.79 Å². The first kappa shape index (κ1) is 19.9. The number of carbonyl (C=O) groups is 1. The molecule has 2 rings (SSSR count). The van der Waals surface area contributed by atoms with Gasteiger partial charge in [0.15, 0.2) is 5.78 Å². The summed E-state index contributed by atoms with van der Waals surface area (Å²) in [5.74, 6) is 0.0359. The molecule has 5 nitrogen and oxygen atoms in total. The second-order valence-electron chi connectivity index (χ2n) is 6.05. The van der Waals surface area contributed by atoms with Crippen molar-refractivity contribution in [2.45, 2.75) is 27.7 Å². The molecule has 0 amide bonds. The highest BCUT2D eigenvalue weighted by molar-refractivity contribution is 6.09. The van der Waals surface area contributed by atoms with E-state index in [1.54, 1.807) is 0 Å². The molecule has 2 aromatic carbocycles. The first-order valence-electron chi connectivity index (χ1n) is 9.39. The Morgan fingerprint density at radius 1 is 0.654 bits per heavy atom. The first-order valence-corrected chi connectivity index (χ1v) is 9.39. The Bertz CT molecular complexity index is 615. The van der Waals surface area contributed by atoms with Crippen molar-refractivity contribution in [1.29, 1.82) is 0 Å². The molecule has 0 saturated heterocycles. The predicted molar refractivity (Wildman–Crippen MR) is 109 cm³/mol. The lowest BCUT2D eigenvalue weighted by atomic mass is 10.0. The molecule has 26 heavy (non-hydrogen) atoms. The van der Waals surface area contributed by atoms with Crippen molar-refractivity contribution in [3.63, 3.8) is 0 Å². The van der Waals surface area contributed by atoms with Crippen molar-refractivity contribution in [1.82, 2.24) is 10.0 Å². The molecule has 0 spiro atoms. The fraction of sp³-hybridized carbons (Fsp3) is 0.381. The van der Waals surface area contributed by atoms with Crippen molar-refractivity contribution in [3.05, 3.63) is 59.7 Å². The molecule has 0 radical (unpaired) electrons. The Labute approximate surface area is 156 Å². The van der Waals surface area contributed by atoms with Gasteiger partial charge in [-0.2, -0.15) is 0 Å². The van der Waals surface area contributed by atoms with Crippen LogP contribution in [0, 0.1) is 0 Å². The van der Waals surface area contributed by atoms with Crippen molar-refractivity contribution in [2.24, 2.45) is 0 Å². The predicted octanol–water partition coefficient (Wildman–Crippen LogP) is 4.26. The number of benzene rings is 2. The number of nitrogens with zero attached hydrogens (tertiary/aromatic N) is 2. The summed E-state index contributed by atoms with van der Waals surface area (Å²) in [6.45, 7) is 12.1. The smallest absolute Gasteiger partial charge is 0.193 e. The molecule has 140 valence electrons. The van der Waals surface area contributed by atoms with E-state index < -0.39 is 0 Å². The zero-order valence-corrected chi connectivity index (χ0v) is 16.2. The zero-order valence-electron chi connectivity index (χ0n) is 16.2. The minimum absolute atomic E-state index is 0.0359. The summed E-state index contributed by atoms with van der Waals surface area (Å²) in [7, 11) is 0. The Hall–Kier alpha value is -2.37. The summed E-state index contributed by atoms with van der Waals surface area (Å²) in [5.41, 5.74) is 10.0. The Balaban J connectivity index is 2.04. The minimum atomic E-state index is 0.0359. The molecular weight excluding hydrogens is 324 g/mol. The first-order chi connectivity index (χ1) is 12.6. The van der Waals surface area contributed by atoms with Gasteiger partial charge in [-0.1, -0.05) is 27.7 Å². The number of hydrogen-bond donors (Lipinski definition) is 2. The van der Waals surface area contributed by atoms with Gasteiger partial charge in [0.1, 0.15) is 0 Å². The average molecular weight is 354 g/mol. The molecule has 0 bridgehead atoms. The summed E-state index contributed by atoms with van der Waals surface area (Å²) >= 11 is 0. The Kier molecular flexibility index (Phi) is 7.63. The lowest BCUT2D eigenvalue weighted by Gasteiger charge is -2.21. The van der Waals surface area contributed by atoms with Gasteiger partial charge in [-0.25, -0.2) is 10.0 Å². The molecule has 0 aliphatic rings. The number of hydrazine groups is 2. The molecule has 0 heterocycles. The highest BCUT2D eigenvalue weighted by Crippen LogP contribution is 2.17. The normalized spacial score (nSPS) is 11.0. The number of rotatable bonds is 10.